The first kappa shape index (κ1) is 14.1. The summed E-state index contributed by atoms with van der Waals surface area (Å²) in [6, 6.07) is 0.237. The van der Waals surface area contributed by atoms with E-state index in [1.54, 1.807) is 28.7 Å². The van der Waals surface area contributed by atoms with E-state index < -0.39 is 0 Å². The Morgan fingerprint density at radius 3 is 2.71 bits per heavy atom. The highest BCUT2D eigenvalue weighted by atomic mass is 32.2. The van der Waals surface area contributed by atoms with E-state index in [1.165, 1.54) is 0 Å². The molecular formula is C12H21N3OS. The Hall–Kier alpha value is -0.970. The second-order valence-corrected chi connectivity index (χ2v) is 6.03. The number of hydrogen-bond acceptors (Lipinski definition) is 4. The summed E-state index contributed by atoms with van der Waals surface area (Å²) in [5, 5.41) is 3.16. The molecule has 0 aliphatic heterocycles. The second-order valence-electron chi connectivity index (χ2n) is 5.12. The summed E-state index contributed by atoms with van der Waals surface area (Å²) in [4.78, 5) is 16.3. The Bertz CT molecular complexity index is 422. The van der Waals surface area contributed by atoms with E-state index in [1.807, 2.05) is 34.0 Å². The Balaban J connectivity index is 3.00. The van der Waals surface area contributed by atoms with Gasteiger partial charge in [-0.15, -0.1) is 0 Å². The molecule has 1 heterocycles. The van der Waals surface area contributed by atoms with Gasteiger partial charge in [0.2, 0.25) is 0 Å². The van der Waals surface area contributed by atoms with Crippen LogP contribution in [-0.4, -0.2) is 27.6 Å². The maximum absolute atomic E-state index is 12.2. The largest absolute Gasteiger partial charge is 0.362 e. The van der Waals surface area contributed by atoms with E-state index in [0.717, 1.165) is 5.75 Å². The molecule has 0 fully saturated rings. The number of aromatic nitrogens is 2. The van der Waals surface area contributed by atoms with Crippen LogP contribution in [0.5, 0.6) is 0 Å². The van der Waals surface area contributed by atoms with E-state index in [9.17, 15) is 4.79 Å². The first-order chi connectivity index (χ1) is 7.86. The van der Waals surface area contributed by atoms with E-state index >= 15 is 0 Å². The van der Waals surface area contributed by atoms with Gasteiger partial charge in [-0.1, -0.05) is 0 Å². The molecule has 0 aliphatic rings. The lowest BCUT2D eigenvalue weighted by atomic mass is 10.1. The van der Waals surface area contributed by atoms with Crippen molar-refractivity contribution in [2.24, 2.45) is 0 Å². The maximum atomic E-state index is 12.2. The van der Waals surface area contributed by atoms with Gasteiger partial charge in [-0.25, -0.2) is 4.98 Å². The Morgan fingerprint density at radius 1 is 1.53 bits per heavy atom. The fourth-order valence-electron chi connectivity index (χ4n) is 1.56. The fourth-order valence-corrected chi connectivity index (χ4v) is 2.15. The van der Waals surface area contributed by atoms with Gasteiger partial charge in [0.05, 0.1) is 0 Å². The molecule has 0 aromatic carbocycles. The van der Waals surface area contributed by atoms with Crippen molar-refractivity contribution < 1.29 is 0 Å². The summed E-state index contributed by atoms with van der Waals surface area (Å²) < 4.78 is 1.70. The molecule has 1 aromatic rings. The summed E-state index contributed by atoms with van der Waals surface area (Å²) in [6.45, 7) is 8.06. The van der Waals surface area contributed by atoms with Crippen LogP contribution in [0.4, 0.5) is 5.82 Å². The monoisotopic (exact) mass is 255 g/mol. The molecule has 1 N–H and O–H groups in total. The molecule has 1 rings (SSSR count). The van der Waals surface area contributed by atoms with E-state index in [0.29, 0.717) is 5.82 Å². The van der Waals surface area contributed by atoms with Crippen LogP contribution in [0.1, 0.15) is 27.7 Å². The van der Waals surface area contributed by atoms with Crippen LogP contribution in [0.15, 0.2) is 17.2 Å². The lowest BCUT2D eigenvalue weighted by molar-refractivity contribution is 0.383. The molecule has 17 heavy (non-hydrogen) atoms. The highest BCUT2D eigenvalue weighted by molar-refractivity contribution is 7.98. The average molecular weight is 255 g/mol. The van der Waals surface area contributed by atoms with Crippen LogP contribution >= 0.6 is 11.8 Å². The van der Waals surface area contributed by atoms with Gasteiger partial charge in [0.1, 0.15) is 0 Å². The smallest absolute Gasteiger partial charge is 0.293 e. The van der Waals surface area contributed by atoms with Crippen molar-refractivity contribution in [2.75, 3.05) is 17.3 Å². The third-order valence-electron chi connectivity index (χ3n) is 2.36. The molecule has 1 atom stereocenters. The summed E-state index contributed by atoms with van der Waals surface area (Å²) in [6.07, 6.45) is 5.44. The van der Waals surface area contributed by atoms with Crippen LogP contribution in [-0.2, 0) is 5.54 Å². The molecule has 0 bridgehead atoms. The Morgan fingerprint density at radius 2 is 2.18 bits per heavy atom. The van der Waals surface area contributed by atoms with Crippen molar-refractivity contribution in [2.45, 2.75) is 39.3 Å². The molecule has 1 aromatic heterocycles. The standard InChI is InChI=1S/C12H21N3OS/c1-9(8-17-5)14-10-11(16)15(7-6-13-10)12(2,3)4/h6-7,9H,8H2,1-5H3,(H,13,14). The lowest BCUT2D eigenvalue weighted by Crippen LogP contribution is -2.36. The first-order valence-corrected chi connectivity index (χ1v) is 7.09. The zero-order valence-electron chi connectivity index (χ0n) is 11.2. The number of nitrogens with zero attached hydrogens (tertiary/aromatic N) is 2. The topological polar surface area (TPSA) is 46.9 Å². The molecule has 0 aliphatic carbocycles. The summed E-state index contributed by atoms with van der Waals surface area (Å²) in [5.74, 6) is 1.38. The zero-order valence-corrected chi connectivity index (χ0v) is 12.0. The zero-order chi connectivity index (χ0) is 13.1. The molecule has 0 amide bonds. The number of nitrogens with one attached hydrogen (secondary N) is 1. The van der Waals surface area contributed by atoms with E-state index in [2.05, 4.69) is 10.3 Å². The highest BCUT2D eigenvalue weighted by Gasteiger charge is 2.17. The van der Waals surface area contributed by atoms with Crippen molar-refractivity contribution in [3.8, 4) is 0 Å². The van der Waals surface area contributed by atoms with Crippen LogP contribution < -0.4 is 10.9 Å². The van der Waals surface area contributed by atoms with Gasteiger partial charge < -0.3 is 9.88 Å². The third kappa shape index (κ3) is 3.77. The van der Waals surface area contributed by atoms with E-state index in [4.69, 9.17) is 0 Å². The summed E-state index contributed by atoms with van der Waals surface area (Å²) in [7, 11) is 0. The first-order valence-electron chi connectivity index (χ1n) is 5.70. The SMILES string of the molecule is CSCC(C)Nc1nccn(C(C)(C)C)c1=O. The summed E-state index contributed by atoms with van der Waals surface area (Å²) in [5.41, 5.74) is -0.285. The minimum absolute atomic E-state index is 0.0621. The molecule has 5 heteroatoms. The van der Waals surface area contributed by atoms with Crippen molar-refractivity contribution in [3.05, 3.63) is 22.7 Å². The van der Waals surface area contributed by atoms with Crippen molar-refractivity contribution in [1.29, 1.82) is 0 Å². The van der Waals surface area contributed by atoms with Gasteiger partial charge in [0.15, 0.2) is 5.82 Å². The quantitative estimate of drug-likeness (QED) is 0.895. The number of anilines is 1. The van der Waals surface area contributed by atoms with Gasteiger partial charge in [-0.2, -0.15) is 11.8 Å². The Kier molecular flexibility index (Phi) is 4.62. The summed E-state index contributed by atoms with van der Waals surface area (Å²) >= 11 is 1.75. The average Bonchev–Trinajstić information content (AvgIpc) is 2.19. The van der Waals surface area contributed by atoms with Crippen molar-refractivity contribution in [3.63, 3.8) is 0 Å². The predicted octanol–water partition coefficient (Wildman–Crippen LogP) is 2.16. The minimum Gasteiger partial charge on any atom is -0.362 e. The fraction of sp³-hybridized carbons (Fsp3) is 0.667. The molecule has 4 nitrogen and oxygen atoms in total. The molecular weight excluding hydrogens is 234 g/mol. The molecule has 96 valence electrons. The molecule has 0 saturated heterocycles. The maximum Gasteiger partial charge on any atom is 0.293 e. The highest BCUT2D eigenvalue weighted by Crippen LogP contribution is 2.11. The molecule has 0 saturated carbocycles. The molecule has 0 spiro atoms. The van der Waals surface area contributed by atoms with Gasteiger partial charge in [0, 0.05) is 29.7 Å². The van der Waals surface area contributed by atoms with Gasteiger partial charge >= 0.3 is 0 Å². The van der Waals surface area contributed by atoms with Gasteiger partial charge in [-0.05, 0) is 34.0 Å². The molecule has 0 radical (unpaired) electrons. The van der Waals surface area contributed by atoms with E-state index in [-0.39, 0.29) is 17.1 Å². The van der Waals surface area contributed by atoms with Crippen molar-refractivity contribution in [1.82, 2.24) is 9.55 Å². The van der Waals surface area contributed by atoms with Crippen molar-refractivity contribution >= 4 is 17.6 Å². The number of rotatable bonds is 4. The normalized spacial score (nSPS) is 13.5. The van der Waals surface area contributed by atoms with Crippen LogP contribution in [0.2, 0.25) is 0 Å². The lowest BCUT2D eigenvalue weighted by Gasteiger charge is -2.23. The van der Waals surface area contributed by atoms with Crippen LogP contribution in [0, 0.1) is 0 Å². The Labute approximate surface area is 107 Å². The van der Waals surface area contributed by atoms with Crippen LogP contribution in [0.25, 0.3) is 0 Å². The van der Waals surface area contributed by atoms with Gasteiger partial charge in [0.25, 0.3) is 5.56 Å². The van der Waals surface area contributed by atoms with Crippen LogP contribution in [0.3, 0.4) is 0 Å². The molecule has 1 unspecified atom stereocenters. The third-order valence-corrected chi connectivity index (χ3v) is 3.20. The van der Waals surface area contributed by atoms with Gasteiger partial charge in [-0.3, -0.25) is 4.79 Å². The number of hydrogen-bond donors (Lipinski definition) is 1. The second kappa shape index (κ2) is 5.58. The number of thioether (sulfide) groups is 1. The predicted molar refractivity (Wildman–Crippen MR) is 75.0 cm³/mol. The minimum atomic E-state index is -0.223.